The van der Waals surface area contributed by atoms with Crippen molar-refractivity contribution in [3.05, 3.63) is 55.2 Å². The van der Waals surface area contributed by atoms with Crippen molar-refractivity contribution in [3.63, 3.8) is 0 Å². The van der Waals surface area contributed by atoms with Crippen molar-refractivity contribution in [2.24, 2.45) is 5.73 Å². The van der Waals surface area contributed by atoms with Gasteiger partial charge in [-0.2, -0.15) is 0 Å². The maximum atomic E-state index is 6.26. The molecule has 2 rings (SSSR count). The Bertz CT molecular complexity index is 563. The fourth-order valence-corrected chi connectivity index (χ4v) is 3.40. The Morgan fingerprint density at radius 3 is 2.44 bits per heavy atom. The van der Waals surface area contributed by atoms with E-state index in [1.807, 2.05) is 18.2 Å². The molecule has 0 saturated carbocycles. The number of hydrogen-bond acceptors (Lipinski definition) is 2. The summed E-state index contributed by atoms with van der Waals surface area (Å²) in [5, 5.41) is 1.16. The summed E-state index contributed by atoms with van der Waals surface area (Å²) in [6, 6.07) is 7.87. The molecule has 0 bridgehead atoms. The van der Waals surface area contributed by atoms with E-state index in [-0.39, 0.29) is 6.04 Å². The van der Waals surface area contributed by atoms with Gasteiger partial charge in [0.2, 0.25) is 0 Å². The number of halogens is 2. The summed E-state index contributed by atoms with van der Waals surface area (Å²) >= 11 is 13.7. The molecule has 0 fully saturated rings. The Labute approximate surface area is 122 Å². The van der Waals surface area contributed by atoms with Crippen molar-refractivity contribution in [2.75, 3.05) is 0 Å². The lowest BCUT2D eigenvalue weighted by molar-refractivity contribution is 0.732. The minimum atomic E-state index is 0.0148. The minimum absolute atomic E-state index is 0.0148. The van der Waals surface area contributed by atoms with E-state index in [0.717, 1.165) is 12.0 Å². The van der Waals surface area contributed by atoms with E-state index >= 15 is 0 Å². The lowest BCUT2D eigenvalue weighted by Gasteiger charge is -2.11. The van der Waals surface area contributed by atoms with Crippen molar-refractivity contribution >= 4 is 34.5 Å². The maximum Gasteiger partial charge on any atom is 0.0595 e. The predicted octanol–water partition coefficient (Wildman–Crippen LogP) is 4.91. The Morgan fingerprint density at radius 1 is 1.17 bits per heavy atom. The number of rotatable bonds is 3. The number of aryl methyl sites for hydroxylation is 2. The predicted molar refractivity (Wildman–Crippen MR) is 80.9 cm³/mol. The van der Waals surface area contributed by atoms with Crippen molar-refractivity contribution in [2.45, 2.75) is 26.3 Å². The Hall–Kier alpha value is -0.540. The molecular formula is C14H15Cl2NS. The molecule has 1 unspecified atom stereocenters. The lowest BCUT2D eigenvalue weighted by Crippen LogP contribution is -2.12. The minimum Gasteiger partial charge on any atom is -0.323 e. The normalized spacial score (nSPS) is 12.7. The van der Waals surface area contributed by atoms with E-state index in [9.17, 15) is 0 Å². The highest BCUT2D eigenvalue weighted by Gasteiger charge is 2.13. The second kappa shape index (κ2) is 5.62. The fourth-order valence-electron chi connectivity index (χ4n) is 2.04. The van der Waals surface area contributed by atoms with Gasteiger partial charge in [-0.25, -0.2) is 0 Å². The Morgan fingerprint density at radius 2 is 1.89 bits per heavy atom. The van der Waals surface area contributed by atoms with Crippen LogP contribution < -0.4 is 5.73 Å². The van der Waals surface area contributed by atoms with E-state index in [1.54, 1.807) is 11.3 Å². The van der Waals surface area contributed by atoms with Crippen LogP contribution in [0.1, 0.15) is 26.9 Å². The third kappa shape index (κ3) is 3.07. The molecule has 0 aliphatic heterocycles. The van der Waals surface area contributed by atoms with Crippen LogP contribution in [0.25, 0.3) is 0 Å². The smallest absolute Gasteiger partial charge is 0.0595 e. The highest BCUT2D eigenvalue weighted by Crippen LogP contribution is 2.30. The molecule has 0 saturated heterocycles. The van der Waals surface area contributed by atoms with Gasteiger partial charge in [-0.15, -0.1) is 11.3 Å². The molecule has 1 atom stereocenters. The van der Waals surface area contributed by atoms with Crippen LogP contribution in [0.15, 0.2) is 24.3 Å². The van der Waals surface area contributed by atoms with Gasteiger partial charge in [0.1, 0.15) is 0 Å². The van der Waals surface area contributed by atoms with Crippen molar-refractivity contribution in [1.82, 2.24) is 0 Å². The average molecular weight is 300 g/mol. The van der Waals surface area contributed by atoms with Gasteiger partial charge in [-0.1, -0.05) is 29.3 Å². The molecule has 96 valence electrons. The SMILES string of the molecule is Cc1cc(C)c(C(N)Cc2ccc(Cl)c(Cl)c2)s1. The number of thiophene rings is 1. The molecule has 1 aromatic heterocycles. The average Bonchev–Trinajstić information content (AvgIpc) is 2.63. The maximum absolute atomic E-state index is 6.26. The first-order valence-corrected chi connectivity index (χ1v) is 7.31. The molecular weight excluding hydrogens is 285 g/mol. The van der Waals surface area contributed by atoms with Gasteiger partial charge < -0.3 is 5.73 Å². The Kier molecular flexibility index (Phi) is 4.33. The van der Waals surface area contributed by atoms with Crippen LogP contribution >= 0.6 is 34.5 Å². The zero-order valence-corrected chi connectivity index (χ0v) is 12.7. The first kappa shape index (κ1) is 13.9. The van der Waals surface area contributed by atoms with E-state index < -0.39 is 0 Å². The number of nitrogens with two attached hydrogens (primary N) is 1. The molecule has 1 nitrogen and oxygen atoms in total. The van der Waals surface area contributed by atoms with Gasteiger partial charge in [0.05, 0.1) is 10.0 Å². The summed E-state index contributed by atoms with van der Waals surface area (Å²) in [5.74, 6) is 0. The molecule has 0 aliphatic rings. The van der Waals surface area contributed by atoms with Gasteiger partial charge in [0.25, 0.3) is 0 Å². The lowest BCUT2D eigenvalue weighted by atomic mass is 10.0. The molecule has 0 spiro atoms. The molecule has 0 amide bonds. The van der Waals surface area contributed by atoms with Crippen molar-refractivity contribution < 1.29 is 0 Å². The summed E-state index contributed by atoms with van der Waals surface area (Å²) < 4.78 is 0. The summed E-state index contributed by atoms with van der Waals surface area (Å²) in [4.78, 5) is 2.55. The molecule has 1 aromatic carbocycles. The van der Waals surface area contributed by atoms with Crippen molar-refractivity contribution in [3.8, 4) is 0 Å². The van der Waals surface area contributed by atoms with E-state index in [2.05, 4.69) is 19.9 Å². The van der Waals surface area contributed by atoms with Crippen molar-refractivity contribution in [1.29, 1.82) is 0 Å². The van der Waals surface area contributed by atoms with E-state index in [4.69, 9.17) is 28.9 Å². The fraction of sp³-hybridized carbons (Fsp3) is 0.286. The standard InChI is InChI=1S/C14H15Cl2NS/c1-8-5-9(2)18-14(8)13(17)7-10-3-4-11(15)12(16)6-10/h3-6,13H,7,17H2,1-2H3. The van der Waals surface area contributed by atoms with Gasteiger partial charge in [0.15, 0.2) is 0 Å². The highest BCUT2D eigenvalue weighted by molar-refractivity contribution is 7.12. The van der Waals surface area contributed by atoms with Crippen LogP contribution in [0.3, 0.4) is 0 Å². The summed E-state index contributed by atoms with van der Waals surface area (Å²) in [5.41, 5.74) is 8.65. The highest BCUT2D eigenvalue weighted by atomic mass is 35.5. The molecule has 18 heavy (non-hydrogen) atoms. The second-order valence-corrected chi connectivity index (χ2v) is 6.57. The molecule has 0 radical (unpaired) electrons. The molecule has 2 aromatic rings. The number of benzene rings is 1. The van der Waals surface area contributed by atoms with Gasteiger partial charge in [-0.3, -0.25) is 0 Å². The van der Waals surface area contributed by atoms with Crippen LogP contribution in [0.5, 0.6) is 0 Å². The topological polar surface area (TPSA) is 26.0 Å². The van der Waals surface area contributed by atoms with Crippen LogP contribution in [-0.2, 0) is 6.42 Å². The molecule has 2 N–H and O–H groups in total. The molecule has 0 aliphatic carbocycles. The zero-order chi connectivity index (χ0) is 13.3. The summed E-state index contributed by atoms with van der Waals surface area (Å²) in [7, 11) is 0. The molecule has 1 heterocycles. The van der Waals surface area contributed by atoms with Gasteiger partial charge >= 0.3 is 0 Å². The van der Waals surface area contributed by atoms with E-state index in [0.29, 0.717) is 10.0 Å². The van der Waals surface area contributed by atoms with Crippen LogP contribution in [-0.4, -0.2) is 0 Å². The Balaban J connectivity index is 2.18. The van der Waals surface area contributed by atoms with Crippen LogP contribution in [0, 0.1) is 13.8 Å². The monoisotopic (exact) mass is 299 g/mol. The van der Waals surface area contributed by atoms with Gasteiger partial charge in [-0.05, 0) is 49.6 Å². The third-order valence-electron chi connectivity index (χ3n) is 2.86. The first-order valence-electron chi connectivity index (χ1n) is 5.74. The largest absolute Gasteiger partial charge is 0.323 e. The van der Waals surface area contributed by atoms with E-state index in [1.165, 1.54) is 15.3 Å². The second-order valence-electron chi connectivity index (χ2n) is 4.46. The summed E-state index contributed by atoms with van der Waals surface area (Å²) in [6.45, 7) is 4.21. The summed E-state index contributed by atoms with van der Waals surface area (Å²) in [6.07, 6.45) is 0.775. The number of hydrogen-bond donors (Lipinski definition) is 1. The van der Waals surface area contributed by atoms with Gasteiger partial charge in [0, 0.05) is 15.8 Å². The zero-order valence-electron chi connectivity index (χ0n) is 10.3. The third-order valence-corrected chi connectivity index (χ3v) is 4.88. The quantitative estimate of drug-likeness (QED) is 0.856. The van der Waals surface area contributed by atoms with Crippen LogP contribution in [0.2, 0.25) is 10.0 Å². The first-order chi connectivity index (χ1) is 8.47. The molecule has 4 heteroatoms. The van der Waals surface area contributed by atoms with Crippen LogP contribution in [0.4, 0.5) is 0 Å².